The molecule has 0 aliphatic carbocycles. The number of amides is 1. The zero-order valence-corrected chi connectivity index (χ0v) is 13.0. The highest BCUT2D eigenvalue weighted by Crippen LogP contribution is 2.19. The maximum Gasteiger partial charge on any atom is 0.329 e. The van der Waals surface area contributed by atoms with Crippen molar-refractivity contribution in [3.05, 3.63) is 42.5 Å². The third-order valence-electron chi connectivity index (χ3n) is 3.07. The van der Waals surface area contributed by atoms with Crippen molar-refractivity contribution in [3.8, 4) is 5.69 Å². The number of carbonyl (C=O) groups is 2. The van der Waals surface area contributed by atoms with Crippen molar-refractivity contribution < 1.29 is 19.4 Å². The molecular weight excluding hydrogens is 298 g/mol. The molecule has 0 radical (unpaired) electrons. The number of nitrogens with one attached hydrogen (secondary N) is 1. The molecule has 122 valence electrons. The fourth-order valence-corrected chi connectivity index (χ4v) is 2.09. The number of ether oxygens (including phenoxy) is 1. The molecule has 0 spiro atoms. The quantitative estimate of drug-likeness (QED) is 0.815. The molecule has 23 heavy (non-hydrogen) atoms. The normalized spacial score (nSPS) is 10.7. The Kier molecular flexibility index (Phi) is 5.48. The number of hydrogen-bond acceptors (Lipinski definition) is 4. The number of hydrogen-bond donors (Lipinski definition) is 2. The van der Waals surface area contributed by atoms with Gasteiger partial charge in [-0.15, -0.1) is 0 Å². The van der Waals surface area contributed by atoms with Crippen molar-refractivity contribution in [2.45, 2.75) is 19.8 Å². The third kappa shape index (κ3) is 4.65. The van der Waals surface area contributed by atoms with E-state index in [2.05, 4.69) is 24.1 Å². The van der Waals surface area contributed by atoms with E-state index in [1.807, 2.05) is 22.9 Å². The molecule has 7 heteroatoms. The molecule has 1 heterocycles. The SMILES string of the molecule is CC(C)c1nccn1-c1ccc(NC(=O)COCC(=O)O)cc1. The number of aromatic nitrogens is 2. The minimum absolute atomic E-state index is 0.299. The lowest BCUT2D eigenvalue weighted by molar-refractivity contribution is -0.143. The van der Waals surface area contributed by atoms with Crippen molar-refractivity contribution >= 4 is 17.6 Å². The van der Waals surface area contributed by atoms with Gasteiger partial charge in [0.05, 0.1) is 0 Å². The minimum Gasteiger partial charge on any atom is -0.480 e. The smallest absolute Gasteiger partial charge is 0.329 e. The average molecular weight is 317 g/mol. The number of anilines is 1. The summed E-state index contributed by atoms with van der Waals surface area (Å²) in [7, 11) is 0. The van der Waals surface area contributed by atoms with Crippen molar-refractivity contribution in [1.29, 1.82) is 0 Å². The molecule has 0 fully saturated rings. The molecule has 1 aromatic heterocycles. The first-order chi connectivity index (χ1) is 11.0. The number of imidazole rings is 1. The first-order valence-corrected chi connectivity index (χ1v) is 7.20. The van der Waals surface area contributed by atoms with Crippen LogP contribution < -0.4 is 5.32 Å². The molecule has 0 aliphatic heterocycles. The number of benzene rings is 1. The molecule has 0 saturated heterocycles. The highest BCUT2D eigenvalue weighted by atomic mass is 16.5. The van der Waals surface area contributed by atoms with E-state index >= 15 is 0 Å². The second-order valence-corrected chi connectivity index (χ2v) is 5.29. The van der Waals surface area contributed by atoms with Crippen LogP contribution in [0.5, 0.6) is 0 Å². The maximum absolute atomic E-state index is 11.6. The zero-order valence-electron chi connectivity index (χ0n) is 13.0. The van der Waals surface area contributed by atoms with Crippen molar-refractivity contribution in [1.82, 2.24) is 9.55 Å². The molecule has 0 bridgehead atoms. The lowest BCUT2D eigenvalue weighted by atomic mass is 10.2. The van der Waals surface area contributed by atoms with Gasteiger partial charge in [-0.25, -0.2) is 9.78 Å². The van der Waals surface area contributed by atoms with Crippen LogP contribution in [0.1, 0.15) is 25.6 Å². The Bertz CT molecular complexity index is 677. The van der Waals surface area contributed by atoms with E-state index in [0.29, 0.717) is 11.6 Å². The summed E-state index contributed by atoms with van der Waals surface area (Å²) in [6, 6.07) is 7.30. The Morgan fingerprint density at radius 2 is 1.96 bits per heavy atom. The molecule has 0 aliphatic rings. The Morgan fingerprint density at radius 1 is 1.26 bits per heavy atom. The Morgan fingerprint density at radius 3 is 2.57 bits per heavy atom. The summed E-state index contributed by atoms with van der Waals surface area (Å²) in [5, 5.41) is 11.1. The largest absolute Gasteiger partial charge is 0.480 e. The average Bonchev–Trinajstić information content (AvgIpc) is 2.97. The Hall–Kier alpha value is -2.67. The number of aliphatic carboxylic acids is 1. The second-order valence-electron chi connectivity index (χ2n) is 5.29. The van der Waals surface area contributed by atoms with E-state index in [9.17, 15) is 9.59 Å². The summed E-state index contributed by atoms with van der Waals surface area (Å²) in [5.74, 6) is -0.243. The first-order valence-electron chi connectivity index (χ1n) is 7.20. The number of carbonyl (C=O) groups excluding carboxylic acids is 1. The van der Waals surface area contributed by atoms with Gasteiger partial charge < -0.3 is 19.7 Å². The van der Waals surface area contributed by atoms with E-state index in [0.717, 1.165) is 11.5 Å². The first kappa shape index (κ1) is 16.7. The summed E-state index contributed by atoms with van der Waals surface area (Å²) < 4.78 is 6.72. The van der Waals surface area contributed by atoms with Gasteiger partial charge in [0, 0.05) is 29.7 Å². The van der Waals surface area contributed by atoms with Crippen molar-refractivity contribution in [2.75, 3.05) is 18.5 Å². The predicted octanol–water partition coefficient (Wildman–Crippen LogP) is 2.04. The maximum atomic E-state index is 11.6. The molecule has 2 aromatic rings. The van der Waals surface area contributed by atoms with Gasteiger partial charge in [0.15, 0.2) is 0 Å². The van der Waals surface area contributed by atoms with E-state index in [1.165, 1.54) is 0 Å². The van der Waals surface area contributed by atoms with E-state index in [-0.39, 0.29) is 6.61 Å². The minimum atomic E-state index is -1.11. The molecule has 0 saturated carbocycles. The number of carboxylic acids is 1. The number of carboxylic acid groups (broad SMARTS) is 1. The Labute approximate surface area is 133 Å². The molecule has 1 amide bonds. The molecule has 7 nitrogen and oxygen atoms in total. The molecule has 1 aromatic carbocycles. The molecule has 0 unspecified atom stereocenters. The molecular formula is C16H19N3O4. The van der Waals surface area contributed by atoms with Crippen LogP contribution in [-0.2, 0) is 14.3 Å². The third-order valence-corrected chi connectivity index (χ3v) is 3.07. The van der Waals surface area contributed by atoms with Gasteiger partial charge in [-0.05, 0) is 24.3 Å². The fourth-order valence-electron chi connectivity index (χ4n) is 2.09. The van der Waals surface area contributed by atoms with Crippen LogP contribution in [-0.4, -0.2) is 39.7 Å². The Balaban J connectivity index is 1.98. The van der Waals surface area contributed by atoms with Crippen molar-refractivity contribution in [2.24, 2.45) is 0 Å². The number of rotatable bonds is 7. The van der Waals surface area contributed by atoms with Crippen LogP contribution in [0.4, 0.5) is 5.69 Å². The highest BCUT2D eigenvalue weighted by Gasteiger charge is 2.09. The van der Waals surface area contributed by atoms with Gasteiger partial charge in [0.25, 0.3) is 0 Å². The topological polar surface area (TPSA) is 93.5 Å². The van der Waals surface area contributed by atoms with Crippen LogP contribution in [0, 0.1) is 0 Å². The van der Waals surface area contributed by atoms with Gasteiger partial charge in [-0.3, -0.25) is 4.79 Å². The molecule has 0 atom stereocenters. The lowest BCUT2D eigenvalue weighted by Gasteiger charge is -2.11. The summed E-state index contributed by atoms with van der Waals surface area (Å²) in [4.78, 5) is 26.2. The van der Waals surface area contributed by atoms with E-state index < -0.39 is 18.5 Å². The number of nitrogens with zero attached hydrogens (tertiary/aromatic N) is 2. The summed E-state index contributed by atoms with van der Waals surface area (Å²) in [6.07, 6.45) is 3.65. The predicted molar refractivity (Wildman–Crippen MR) is 84.7 cm³/mol. The van der Waals surface area contributed by atoms with Gasteiger partial charge in [0.2, 0.25) is 5.91 Å². The van der Waals surface area contributed by atoms with Gasteiger partial charge >= 0.3 is 5.97 Å². The summed E-state index contributed by atoms with van der Waals surface area (Å²) >= 11 is 0. The van der Waals surface area contributed by atoms with Crippen molar-refractivity contribution in [3.63, 3.8) is 0 Å². The van der Waals surface area contributed by atoms with E-state index in [4.69, 9.17) is 9.84 Å². The summed E-state index contributed by atoms with van der Waals surface area (Å²) in [6.45, 7) is 3.35. The van der Waals surface area contributed by atoms with Crippen LogP contribution in [0.25, 0.3) is 5.69 Å². The molecule has 2 rings (SSSR count). The van der Waals surface area contributed by atoms with Gasteiger partial charge in [-0.1, -0.05) is 13.8 Å². The summed E-state index contributed by atoms with van der Waals surface area (Å²) in [5.41, 5.74) is 1.57. The van der Waals surface area contributed by atoms with Gasteiger partial charge in [-0.2, -0.15) is 0 Å². The second kappa shape index (κ2) is 7.55. The monoisotopic (exact) mass is 317 g/mol. The van der Waals surface area contributed by atoms with Crippen LogP contribution in [0.3, 0.4) is 0 Å². The van der Waals surface area contributed by atoms with Crippen LogP contribution in [0.2, 0.25) is 0 Å². The van der Waals surface area contributed by atoms with Gasteiger partial charge in [0.1, 0.15) is 19.0 Å². The lowest BCUT2D eigenvalue weighted by Crippen LogP contribution is -2.20. The van der Waals surface area contributed by atoms with Crippen LogP contribution in [0.15, 0.2) is 36.7 Å². The van der Waals surface area contributed by atoms with Crippen LogP contribution >= 0.6 is 0 Å². The highest BCUT2D eigenvalue weighted by molar-refractivity contribution is 5.91. The molecule has 2 N–H and O–H groups in total. The zero-order chi connectivity index (χ0) is 16.8. The fraction of sp³-hybridized carbons (Fsp3) is 0.312. The standard InChI is InChI=1S/C16H19N3O4/c1-11(2)16-17-7-8-19(16)13-5-3-12(4-6-13)18-14(20)9-23-10-15(21)22/h3-8,11H,9-10H2,1-2H3,(H,18,20)(H,21,22). The van der Waals surface area contributed by atoms with E-state index in [1.54, 1.807) is 18.3 Å².